The maximum atomic E-state index is 10.2. The molecule has 0 aliphatic carbocycles. The Hall–Kier alpha value is -1.59. The first-order chi connectivity index (χ1) is 11.0. The molecule has 2 N–H and O–H groups in total. The summed E-state index contributed by atoms with van der Waals surface area (Å²) in [5, 5.41) is 14.5. The third-order valence-electron chi connectivity index (χ3n) is 3.77. The van der Waals surface area contributed by atoms with E-state index in [-0.39, 0.29) is 5.75 Å². The highest BCUT2D eigenvalue weighted by atomic mass is 79.9. The van der Waals surface area contributed by atoms with Gasteiger partial charge in [-0.15, -0.1) is 0 Å². The molecule has 0 saturated carbocycles. The van der Waals surface area contributed by atoms with Crippen molar-refractivity contribution in [3.05, 3.63) is 62.2 Å². The number of fused-ring (bicyclic) bond motifs is 1. The van der Waals surface area contributed by atoms with Gasteiger partial charge in [-0.1, -0.05) is 28.1 Å². The molecule has 0 aliphatic rings. The summed E-state index contributed by atoms with van der Waals surface area (Å²) < 4.78 is 1.53. The third kappa shape index (κ3) is 3.35. The highest BCUT2D eigenvalue weighted by molar-refractivity contribution is 9.11. The van der Waals surface area contributed by atoms with Gasteiger partial charge >= 0.3 is 0 Å². The maximum absolute atomic E-state index is 10.2. The Kier molecular flexibility index (Phi) is 4.60. The molecule has 2 aromatic carbocycles. The molecule has 0 spiro atoms. The predicted octanol–water partition coefficient (Wildman–Crippen LogP) is 5.69. The van der Waals surface area contributed by atoms with Crippen LogP contribution in [0.2, 0.25) is 0 Å². The van der Waals surface area contributed by atoms with Crippen LogP contribution < -0.4 is 5.32 Å². The quantitative estimate of drug-likeness (QED) is 0.555. The Bertz CT molecular complexity index is 894. The average Bonchev–Trinajstić information content (AvgIpc) is 2.53. The van der Waals surface area contributed by atoms with Crippen molar-refractivity contribution in [2.75, 3.05) is 5.32 Å². The summed E-state index contributed by atoms with van der Waals surface area (Å²) in [5.74, 6) is 0.164. The fourth-order valence-corrected chi connectivity index (χ4v) is 3.73. The molecule has 0 fully saturated rings. The summed E-state index contributed by atoms with van der Waals surface area (Å²) in [5.41, 5.74) is 4.98. The zero-order valence-electron chi connectivity index (χ0n) is 12.8. The normalized spacial score (nSPS) is 11.0. The number of aromatic nitrogens is 1. The molecule has 1 heterocycles. The lowest BCUT2D eigenvalue weighted by Gasteiger charge is -2.11. The Labute approximate surface area is 152 Å². The second kappa shape index (κ2) is 6.49. The van der Waals surface area contributed by atoms with E-state index in [2.05, 4.69) is 74.2 Å². The standard InChI is InChI=1S/C18H16Br2N2O/c1-10-3-4-11(2)16(7-10)21-9-12-5-6-13-14(19)8-15(20)18(23)17(13)22-12/h3-8,21,23H,9H2,1-2H3. The van der Waals surface area contributed by atoms with E-state index in [9.17, 15) is 5.11 Å². The zero-order chi connectivity index (χ0) is 16.6. The smallest absolute Gasteiger partial charge is 0.156 e. The number of phenolic OH excluding ortho intramolecular Hbond substituents is 1. The van der Waals surface area contributed by atoms with E-state index in [1.807, 2.05) is 18.2 Å². The summed E-state index contributed by atoms with van der Waals surface area (Å²) in [7, 11) is 0. The lowest BCUT2D eigenvalue weighted by atomic mass is 10.1. The van der Waals surface area contributed by atoms with Gasteiger partial charge in [0.25, 0.3) is 0 Å². The van der Waals surface area contributed by atoms with Crippen LogP contribution in [-0.2, 0) is 6.54 Å². The average molecular weight is 436 g/mol. The van der Waals surface area contributed by atoms with Gasteiger partial charge in [-0.2, -0.15) is 0 Å². The minimum absolute atomic E-state index is 0.164. The first kappa shape index (κ1) is 16.3. The number of benzene rings is 2. The molecule has 0 atom stereocenters. The van der Waals surface area contributed by atoms with Gasteiger partial charge in [0.1, 0.15) is 5.52 Å². The summed E-state index contributed by atoms with van der Waals surface area (Å²) >= 11 is 6.85. The monoisotopic (exact) mass is 434 g/mol. The van der Waals surface area contributed by atoms with Crippen molar-refractivity contribution in [1.29, 1.82) is 0 Å². The van der Waals surface area contributed by atoms with Crippen LogP contribution in [0.15, 0.2) is 45.3 Å². The van der Waals surface area contributed by atoms with Crippen molar-refractivity contribution in [2.24, 2.45) is 0 Å². The van der Waals surface area contributed by atoms with Crippen molar-refractivity contribution in [3.8, 4) is 5.75 Å². The number of pyridine rings is 1. The second-order valence-electron chi connectivity index (χ2n) is 5.56. The van der Waals surface area contributed by atoms with E-state index in [4.69, 9.17) is 0 Å². The third-order valence-corrected chi connectivity index (χ3v) is 5.03. The van der Waals surface area contributed by atoms with Crippen molar-refractivity contribution in [1.82, 2.24) is 4.98 Å². The molecule has 3 rings (SSSR count). The van der Waals surface area contributed by atoms with Crippen LogP contribution in [0.3, 0.4) is 0 Å². The van der Waals surface area contributed by atoms with E-state index in [1.54, 1.807) is 0 Å². The zero-order valence-corrected chi connectivity index (χ0v) is 16.0. The van der Waals surface area contributed by atoms with E-state index >= 15 is 0 Å². The Balaban J connectivity index is 1.92. The van der Waals surface area contributed by atoms with E-state index < -0.39 is 0 Å². The van der Waals surface area contributed by atoms with Gasteiger partial charge in [-0.05, 0) is 65.2 Å². The molecule has 0 bridgehead atoms. The van der Waals surface area contributed by atoms with Crippen LogP contribution in [0.4, 0.5) is 5.69 Å². The molecule has 3 aromatic rings. The molecule has 0 aliphatic heterocycles. The van der Waals surface area contributed by atoms with E-state index in [0.717, 1.165) is 21.2 Å². The number of nitrogens with zero attached hydrogens (tertiary/aromatic N) is 1. The highest BCUT2D eigenvalue weighted by Crippen LogP contribution is 2.36. The molecule has 0 saturated heterocycles. The summed E-state index contributed by atoms with van der Waals surface area (Å²) in [6.07, 6.45) is 0. The fourth-order valence-electron chi connectivity index (χ4n) is 2.45. The lowest BCUT2D eigenvalue weighted by molar-refractivity contribution is 0.477. The van der Waals surface area contributed by atoms with Gasteiger partial charge in [0.2, 0.25) is 0 Å². The molecule has 5 heteroatoms. The molecule has 0 radical (unpaired) electrons. The molecular formula is C18H16Br2N2O. The van der Waals surface area contributed by atoms with E-state index in [0.29, 0.717) is 16.5 Å². The first-order valence-electron chi connectivity index (χ1n) is 7.23. The van der Waals surface area contributed by atoms with Crippen molar-refractivity contribution in [3.63, 3.8) is 0 Å². The summed E-state index contributed by atoms with van der Waals surface area (Å²) in [6.45, 7) is 4.76. The van der Waals surface area contributed by atoms with Crippen molar-refractivity contribution < 1.29 is 5.11 Å². The van der Waals surface area contributed by atoms with Gasteiger partial charge in [-0.3, -0.25) is 0 Å². The van der Waals surface area contributed by atoms with Crippen LogP contribution >= 0.6 is 31.9 Å². The van der Waals surface area contributed by atoms with Gasteiger partial charge < -0.3 is 10.4 Å². The first-order valence-corrected chi connectivity index (χ1v) is 8.82. The molecular weight excluding hydrogens is 420 g/mol. The molecule has 23 heavy (non-hydrogen) atoms. The lowest BCUT2D eigenvalue weighted by Crippen LogP contribution is -2.03. The number of aryl methyl sites for hydroxylation is 2. The molecule has 1 aromatic heterocycles. The number of hydrogen-bond donors (Lipinski definition) is 2. The van der Waals surface area contributed by atoms with Gasteiger partial charge in [-0.25, -0.2) is 4.98 Å². The highest BCUT2D eigenvalue weighted by Gasteiger charge is 2.11. The summed E-state index contributed by atoms with van der Waals surface area (Å²) in [6, 6.07) is 12.1. The number of halogens is 2. The van der Waals surface area contributed by atoms with Crippen LogP contribution in [0, 0.1) is 13.8 Å². The van der Waals surface area contributed by atoms with Gasteiger partial charge in [0, 0.05) is 15.5 Å². The van der Waals surface area contributed by atoms with Crippen LogP contribution in [0.5, 0.6) is 5.75 Å². The predicted molar refractivity (Wildman–Crippen MR) is 102 cm³/mol. The second-order valence-corrected chi connectivity index (χ2v) is 7.27. The SMILES string of the molecule is Cc1ccc(C)c(NCc2ccc3c(Br)cc(Br)c(O)c3n2)c1. The maximum Gasteiger partial charge on any atom is 0.156 e. The van der Waals surface area contributed by atoms with Gasteiger partial charge in [0.05, 0.1) is 16.7 Å². The number of anilines is 1. The van der Waals surface area contributed by atoms with Crippen LogP contribution in [0.1, 0.15) is 16.8 Å². The topological polar surface area (TPSA) is 45.1 Å². The molecule has 3 nitrogen and oxygen atoms in total. The van der Waals surface area contributed by atoms with E-state index in [1.165, 1.54) is 11.1 Å². The number of hydrogen-bond acceptors (Lipinski definition) is 3. The molecule has 0 unspecified atom stereocenters. The molecule has 118 valence electrons. The fraction of sp³-hybridized carbons (Fsp3) is 0.167. The minimum Gasteiger partial charge on any atom is -0.505 e. The van der Waals surface area contributed by atoms with Crippen molar-refractivity contribution in [2.45, 2.75) is 20.4 Å². The largest absolute Gasteiger partial charge is 0.505 e. The Morgan fingerprint density at radius 3 is 2.61 bits per heavy atom. The molecule has 0 amide bonds. The van der Waals surface area contributed by atoms with Crippen molar-refractivity contribution >= 4 is 48.5 Å². The van der Waals surface area contributed by atoms with Gasteiger partial charge in [0.15, 0.2) is 5.75 Å². The Morgan fingerprint density at radius 1 is 1.04 bits per heavy atom. The Morgan fingerprint density at radius 2 is 1.83 bits per heavy atom. The van der Waals surface area contributed by atoms with Crippen LogP contribution in [-0.4, -0.2) is 10.1 Å². The number of phenols is 1. The minimum atomic E-state index is 0.164. The number of rotatable bonds is 3. The summed E-state index contributed by atoms with van der Waals surface area (Å²) in [4.78, 5) is 4.59. The van der Waals surface area contributed by atoms with Crippen LogP contribution in [0.25, 0.3) is 10.9 Å². The number of nitrogens with one attached hydrogen (secondary N) is 1. The number of aromatic hydroxyl groups is 1.